The minimum absolute atomic E-state index is 0.00109. The first-order valence-electron chi connectivity index (χ1n) is 5.30. The van der Waals surface area contributed by atoms with Crippen LogP contribution < -0.4 is 4.74 Å². The second-order valence-electron chi connectivity index (χ2n) is 3.80. The van der Waals surface area contributed by atoms with Gasteiger partial charge in [0, 0.05) is 18.7 Å². The van der Waals surface area contributed by atoms with Crippen LogP contribution in [0.4, 0.5) is 5.69 Å². The van der Waals surface area contributed by atoms with Crippen molar-refractivity contribution in [2.45, 2.75) is 6.92 Å². The number of hydrogen-bond donors (Lipinski definition) is 0. The molecule has 0 spiro atoms. The number of aryl methyl sites for hydroxylation is 1. The Labute approximate surface area is 107 Å². The fourth-order valence-electron chi connectivity index (χ4n) is 1.43. The molecule has 0 aliphatic heterocycles. The van der Waals surface area contributed by atoms with Crippen LogP contribution in [0.1, 0.15) is 17.3 Å². The Bertz CT molecular complexity index is 650. The van der Waals surface area contributed by atoms with Gasteiger partial charge in [-0.25, -0.2) is 0 Å². The number of nitro benzene ring substituents is 1. The van der Waals surface area contributed by atoms with Gasteiger partial charge in [0.2, 0.25) is 5.75 Å². The quantitative estimate of drug-likeness (QED) is 0.472. The summed E-state index contributed by atoms with van der Waals surface area (Å²) >= 11 is 0. The molecule has 2 rings (SSSR count). The van der Waals surface area contributed by atoms with Gasteiger partial charge in [0.1, 0.15) is 6.33 Å². The number of ether oxygens (including phenoxy) is 1. The van der Waals surface area contributed by atoms with E-state index >= 15 is 0 Å². The zero-order chi connectivity index (χ0) is 14.0. The van der Waals surface area contributed by atoms with Crippen LogP contribution in [0.25, 0.3) is 0 Å². The first-order valence-corrected chi connectivity index (χ1v) is 5.30. The molecular formula is C11H10N4O4. The summed E-state index contributed by atoms with van der Waals surface area (Å²) in [7, 11) is 1.65. The van der Waals surface area contributed by atoms with Gasteiger partial charge < -0.3 is 4.74 Å². The van der Waals surface area contributed by atoms with Gasteiger partial charge >= 0.3 is 11.7 Å². The summed E-state index contributed by atoms with van der Waals surface area (Å²) < 4.78 is 6.64. The second kappa shape index (κ2) is 4.84. The third-order valence-corrected chi connectivity index (χ3v) is 2.34. The number of nitro groups is 1. The maximum atomic E-state index is 11.2. The number of nitrogens with zero attached hydrogens (tertiary/aromatic N) is 4. The standard InChI is InChI=1S/C11H10N4O4/c1-7(16)8-3-4-10(9(5-8)15(17)18)19-11-12-6-14(2)13-11/h3-6H,1-2H3. The van der Waals surface area contributed by atoms with E-state index in [2.05, 4.69) is 10.1 Å². The summed E-state index contributed by atoms with van der Waals surface area (Å²) in [6, 6.07) is 3.97. The van der Waals surface area contributed by atoms with Crippen molar-refractivity contribution in [2.75, 3.05) is 0 Å². The van der Waals surface area contributed by atoms with Crippen molar-refractivity contribution < 1.29 is 14.5 Å². The molecule has 2 aromatic rings. The number of benzene rings is 1. The van der Waals surface area contributed by atoms with E-state index in [1.165, 1.54) is 36.1 Å². The molecule has 0 fully saturated rings. The van der Waals surface area contributed by atoms with Gasteiger partial charge in [0.05, 0.1) is 4.92 Å². The van der Waals surface area contributed by atoms with Crippen molar-refractivity contribution in [1.29, 1.82) is 0 Å². The number of hydrogen-bond acceptors (Lipinski definition) is 6. The van der Waals surface area contributed by atoms with Crippen LogP contribution in [0.3, 0.4) is 0 Å². The molecule has 0 amide bonds. The lowest BCUT2D eigenvalue weighted by atomic mass is 10.1. The summed E-state index contributed by atoms with van der Waals surface area (Å²) in [5, 5.41) is 14.8. The minimum atomic E-state index is -0.620. The lowest BCUT2D eigenvalue weighted by molar-refractivity contribution is -0.385. The molecule has 8 nitrogen and oxygen atoms in total. The molecule has 0 saturated heterocycles. The van der Waals surface area contributed by atoms with E-state index < -0.39 is 4.92 Å². The largest absolute Gasteiger partial charge is 0.416 e. The molecular weight excluding hydrogens is 252 g/mol. The minimum Gasteiger partial charge on any atom is -0.416 e. The van der Waals surface area contributed by atoms with Crippen molar-refractivity contribution in [3.8, 4) is 11.8 Å². The predicted molar refractivity (Wildman–Crippen MR) is 64.2 cm³/mol. The summed E-state index contributed by atoms with van der Waals surface area (Å²) in [4.78, 5) is 25.4. The van der Waals surface area contributed by atoms with Crippen LogP contribution in [-0.4, -0.2) is 25.5 Å². The van der Waals surface area contributed by atoms with E-state index in [0.717, 1.165) is 0 Å². The number of aromatic nitrogens is 3. The highest BCUT2D eigenvalue weighted by molar-refractivity contribution is 5.95. The predicted octanol–water partition coefficient (Wildman–Crippen LogP) is 1.72. The zero-order valence-corrected chi connectivity index (χ0v) is 10.2. The molecule has 0 unspecified atom stereocenters. The van der Waals surface area contributed by atoms with Crippen LogP contribution in [0.5, 0.6) is 11.8 Å². The Morgan fingerprint density at radius 3 is 2.74 bits per heavy atom. The third-order valence-electron chi connectivity index (χ3n) is 2.34. The fourth-order valence-corrected chi connectivity index (χ4v) is 1.43. The van der Waals surface area contributed by atoms with Gasteiger partial charge in [0.15, 0.2) is 5.78 Å². The van der Waals surface area contributed by atoms with Gasteiger partial charge in [-0.2, -0.15) is 4.98 Å². The van der Waals surface area contributed by atoms with Crippen molar-refractivity contribution in [3.05, 3.63) is 40.2 Å². The average Bonchev–Trinajstić information content (AvgIpc) is 2.74. The Morgan fingerprint density at radius 1 is 1.47 bits per heavy atom. The summed E-state index contributed by atoms with van der Waals surface area (Å²) in [6.07, 6.45) is 1.41. The van der Waals surface area contributed by atoms with E-state index in [9.17, 15) is 14.9 Å². The van der Waals surface area contributed by atoms with Gasteiger partial charge in [0.25, 0.3) is 0 Å². The molecule has 0 N–H and O–H groups in total. The van der Waals surface area contributed by atoms with Gasteiger partial charge in [-0.1, -0.05) is 0 Å². The van der Waals surface area contributed by atoms with E-state index in [1.54, 1.807) is 7.05 Å². The van der Waals surface area contributed by atoms with Gasteiger partial charge in [-0.05, 0) is 19.1 Å². The molecule has 0 atom stereocenters. The number of ketones is 1. The zero-order valence-electron chi connectivity index (χ0n) is 10.2. The molecule has 1 aromatic heterocycles. The van der Waals surface area contributed by atoms with E-state index in [0.29, 0.717) is 0 Å². The first-order chi connectivity index (χ1) is 8.97. The normalized spacial score (nSPS) is 10.2. The summed E-state index contributed by atoms with van der Waals surface area (Å²) in [6.45, 7) is 1.33. The van der Waals surface area contributed by atoms with Crippen LogP contribution in [-0.2, 0) is 7.05 Å². The molecule has 0 aliphatic rings. The van der Waals surface area contributed by atoms with Crippen molar-refractivity contribution in [3.63, 3.8) is 0 Å². The highest BCUT2D eigenvalue weighted by atomic mass is 16.6. The smallest absolute Gasteiger partial charge is 0.341 e. The lowest BCUT2D eigenvalue weighted by Gasteiger charge is -2.03. The number of Topliss-reactive ketones (excluding diaryl/α,β-unsaturated/α-hetero) is 1. The molecule has 98 valence electrons. The SMILES string of the molecule is CC(=O)c1ccc(Oc2ncn(C)n2)c([N+](=O)[O-])c1. The molecule has 0 radical (unpaired) electrons. The summed E-state index contributed by atoms with van der Waals surface area (Å²) in [5.41, 5.74) is -0.0619. The van der Waals surface area contributed by atoms with Gasteiger partial charge in [-0.15, -0.1) is 5.10 Å². The fraction of sp³-hybridized carbons (Fsp3) is 0.182. The highest BCUT2D eigenvalue weighted by Crippen LogP contribution is 2.30. The van der Waals surface area contributed by atoms with Crippen LogP contribution >= 0.6 is 0 Å². The molecule has 0 saturated carbocycles. The van der Waals surface area contributed by atoms with Crippen LogP contribution in [0, 0.1) is 10.1 Å². The van der Waals surface area contributed by atoms with Crippen LogP contribution in [0.2, 0.25) is 0 Å². The van der Waals surface area contributed by atoms with Crippen molar-refractivity contribution in [2.24, 2.45) is 7.05 Å². The Morgan fingerprint density at radius 2 is 2.21 bits per heavy atom. The monoisotopic (exact) mass is 262 g/mol. The van der Waals surface area contributed by atoms with Crippen molar-refractivity contribution in [1.82, 2.24) is 14.8 Å². The molecule has 1 heterocycles. The number of carbonyl (C=O) groups excluding carboxylic acids is 1. The molecule has 0 bridgehead atoms. The van der Waals surface area contributed by atoms with Gasteiger partial charge in [-0.3, -0.25) is 19.6 Å². The second-order valence-corrected chi connectivity index (χ2v) is 3.80. The number of rotatable bonds is 4. The maximum absolute atomic E-state index is 11.2. The first kappa shape index (κ1) is 12.7. The maximum Gasteiger partial charge on any atom is 0.341 e. The average molecular weight is 262 g/mol. The Kier molecular flexibility index (Phi) is 3.23. The third kappa shape index (κ3) is 2.73. The number of carbonyl (C=O) groups is 1. The van der Waals surface area contributed by atoms with Crippen LogP contribution in [0.15, 0.2) is 24.5 Å². The molecule has 8 heteroatoms. The van der Waals surface area contributed by atoms with E-state index in [4.69, 9.17) is 4.74 Å². The molecule has 1 aromatic carbocycles. The Balaban J connectivity index is 2.39. The van der Waals surface area contributed by atoms with E-state index in [-0.39, 0.29) is 28.8 Å². The topological polar surface area (TPSA) is 100 Å². The lowest BCUT2D eigenvalue weighted by Crippen LogP contribution is -1.99. The van der Waals surface area contributed by atoms with Crippen molar-refractivity contribution >= 4 is 11.5 Å². The summed E-state index contributed by atoms with van der Waals surface area (Å²) in [5.74, 6) is -0.271. The molecule has 0 aliphatic carbocycles. The highest BCUT2D eigenvalue weighted by Gasteiger charge is 2.19. The Hall–Kier alpha value is -2.77. The molecule has 19 heavy (non-hydrogen) atoms. The van der Waals surface area contributed by atoms with E-state index in [1.807, 2.05) is 0 Å².